The molecular weight excluding hydrogens is 372 g/mol. The van der Waals surface area contributed by atoms with Gasteiger partial charge in [0.2, 0.25) is 0 Å². The first-order valence-corrected chi connectivity index (χ1v) is 7.19. The molecule has 0 radical (unpaired) electrons. The Morgan fingerprint density at radius 1 is 1.21 bits per heavy atom. The number of halogens is 2. The second kappa shape index (κ2) is 5.75. The normalized spacial score (nSPS) is 10.3. The van der Waals surface area contributed by atoms with Gasteiger partial charge in [-0.25, -0.2) is 0 Å². The van der Waals surface area contributed by atoms with Crippen LogP contribution in [-0.4, -0.2) is 5.91 Å². The number of carbonyl (C=O) groups excluding carboxylic acids is 1. The second-order valence-corrected chi connectivity index (χ2v) is 5.77. The predicted molar refractivity (Wildman–Crippen MR) is 85.4 cm³/mol. The van der Waals surface area contributed by atoms with Crippen LogP contribution in [0.1, 0.15) is 15.9 Å². The zero-order valence-corrected chi connectivity index (χ0v) is 13.4. The molecule has 2 aromatic rings. The number of hydrogen-bond donors (Lipinski definition) is 2. The van der Waals surface area contributed by atoms with Gasteiger partial charge in [0, 0.05) is 20.2 Å². The van der Waals surface area contributed by atoms with E-state index >= 15 is 0 Å². The Morgan fingerprint density at radius 3 is 2.63 bits per heavy atom. The standard InChI is InChI=1S/C14H12Br2N2O/c1-8-3-2-4-12(13(8)16)18-14(19)9-5-6-10(15)11(17)7-9/h2-7H,17H2,1H3,(H,18,19). The van der Waals surface area contributed by atoms with Crippen LogP contribution in [0.25, 0.3) is 0 Å². The zero-order chi connectivity index (χ0) is 14.0. The van der Waals surface area contributed by atoms with E-state index in [0.717, 1.165) is 20.2 Å². The van der Waals surface area contributed by atoms with E-state index in [1.807, 2.05) is 25.1 Å². The molecule has 5 heteroatoms. The number of amides is 1. The molecule has 19 heavy (non-hydrogen) atoms. The van der Waals surface area contributed by atoms with Crippen LogP contribution < -0.4 is 11.1 Å². The summed E-state index contributed by atoms with van der Waals surface area (Å²) >= 11 is 6.76. The van der Waals surface area contributed by atoms with Gasteiger partial charge in [0.15, 0.2) is 0 Å². The molecule has 0 spiro atoms. The number of nitrogen functional groups attached to an aromatic ring is 1. The Kier molecular flexibility index (Phi) is 4.27. The molecule has 0 saturated carbocycles. The average Bonchev–Trinajstić information content (AvgIpc) is 2.38. The summed E-state index contributed by atoms with van der Waals surface area (Å²) in [5.74, 6) is -0.189. The summed E-state index contributed by atoms with van der Waals surface area (Å²) in [5, 5.41) is 2.86. The third kappa shape index (κ3) is 3.16. The van der Waals surface area contributed by atoms with Gasteiger partial charge in [-0.3, -0.25) is 4.79 Å². The summed E-state index contributed by atoms with van der Waals surface area (Å²) in [5.41, 5.74) is 8.64. The van der Waals surface area contributed by atoms with E-state index in [2.05, 4.69) is 37.2 Å². The fourth-order valence-electron chi connectivity index (χ4n) is 1.62. The van der Waals surface area contributed by atoms with Crippen LogP contribution in [-0.2, 0) is 0 Å². The molecule has 0 saturated heterocycles. The van der Waals surface area contributed by atoms with Gasteiger partial charge in [0.1, 0.15) is 0 Å². The number of hydrogen-bond acceptors (Lipinski definition) is 2. The molecule has 0 aromatic heterocycles. The fraction of sp³-hybridized carbons (Fsp3) is 0.0714. The van der Waals surface area contributed by atoms with Crippen molar-refractivity contribution in [2.45, 2.75) is 6.92 Å². The van der Waals surface area contributed by atoms with Crippen LogP contribution in [0.2, 0.25) is 0 Å². The van der Waals surface area contributed by atoms with Gasteiger partial charge >= 0.3 is 0 Å². The molecule has 0 heterocycles. The summed E-state index contributed by atoms with van der Waals surface area (Å²) in [6.07, 6.45) is 0. The van der Waals surface area contributed by atoms with Crippen molar-refractivity contribution in [3.63, 3.8) is 0 Å². The molecule has 0 aliphatic carbocycles. The number of nitrogens with two attached hydrogens (primary N) is 1. The summed E-state index contributed by atoms with van der Waals surface area (Å²) in [6, 6.07) is 10.8. The Labute approximate surface area is 128 Å². The molecule has 98 valence electrons. The number of nitrogens with one attached hydrogen (secondary N) is 1. The van der Waals surface area contributed by atoms with Crippen molar-refractivity contribution in [3.8, 4) is 0 Å². The minimum absolute atomic E-state index is 0.189. The maximum atomic E-state index is 12.1. The van der Waals surface area contributed by atoms with E-state index in [1.54, 1.807) is 18.2 Å². The fourth-order valence-corrected chi connectivity index (χ4v) is 2.23. The lowest BCUT2D eigenvalue weighted by Crippen LogP contribution is -2.12. The van der Waals surface area contributed by atoms with Crippen LogP contribution in [0.4, 0.5) is 11.4 Å². The van der Waals surface area contributed by atoms with Crippen LogP contribution in [0.15, 0.2) is 45.3 Å². The molecule has 0 aliphatic heterocycles. The Balaban J connectivity index is 2.26. The number of benzene rings is 2. The number of aryl methyl sites for hydroxylation is 1. The van der Waals surface area contributed by atoms with Crippen LogP contribution in [0.3, 0.4) is 0 Å². The molecular formula is C14H12Br2N2O. The Morgan fingerprint density at radius 2 is 1.95 bits per heavy atom. The third-order valence-corrected chi connectivity index (χ3v) is 4.47. The maximum absolute atomic E-state index is 12.1. The highest BCUT2D eigenvalue weighted by atomic mass is 79.9. The maximum Gasteiger partial charge on any atom is 0.255 e. The summed E-state index contributed by atoms with van der Waals surface area (Å²) < 4.78 is 1.66. The van der Waals surface area contributed by atoms with Crippen LogP contribution in [0, 0.1) is 6.92 Å². The summed E-state index contributed by atoms with van der Waals surface area (Å²) in [7, 11) is 0. The predicted octanol–water partition coefficient (Wildman–Crippen LogP) is 4.35. The third-order valence-electron chi connectivity index (χ3n) is 2.70. The van der Waals surface area contributed by atoms with Gasteiger partial charge < -0.3 is 11.1 Å². The van der Waals surface area contributed by atoms with Gasteiger partial charge in [-0.15, -0.1) is 0 Å². The SMILES string of the molecule is Cc1cccc(NC(=O)c2ccc(Br)c(N)c2)c1Br. The van der Waals surface area contributed by atoms with Gasteiger partial charge in [-0.1, -0.05) is 12.1 Å². The number of rotatable bonds is 2. The molecule has 3 nitrogen and oxygen atoms in total. The zero-order valence-electron chi connectivity index (χ0n) is 10.2. The molecule has 2 rings (SSSR count). The lowest BCUT2D eigenvalue weighted by Gasteiger charge is -2.10. The molecule has 0 unspecified atom stereocenters. The van der Waals surface area contributed by atoms with Crippen molar-refractivity contribution < 1.29 is 4.79 Å². The van der Waals surface area contributed by atoms with Crippen LogP contribution >= 0.6 is 31.9 Å². The Hall–Kier alpha value is -1.33. The topological polar surface area (TPSA) is 55.1 Å². The highest BCUT2D eigenvalue weighted by Crippen LogP contribution is 2.27. The summed E-state index contributed by atoms with van der Waals surface area (Å²) in [4.78, 5) is 12.1. The van der Waals surface area contributed by atoms with Crippen molar-refractivity contribution in [3.05, 3.63) is 56.5 Å². The Bertz CT molecular complexity index is 641. The van der Waals surface area contributed by atoms with Gasteiger partial charge in [-0.2, -0.15) is 0 Å². The largest absolute Gasteiger partial charge is 0.398 e. The lowest BCUT2D eigenvalue weighted by molar-refractivity contribution is 0.102. The lowest BCUT2D eigenvalue weighted by atomic mass is 10.1. The first kappa shape index (κ1) is 14.1. The highest BCUT2D eigenvalue weighted by molar-refractivity contribution is 9.11. The van der Waals surface area contributed by atoms with E-state index in [0.29, 0.717) is 11.3 Å². The first-order valence-electron chi connectivity index (χ1n) is 5.60. The van der Waals surface area contributed by atoms with Crippen LogP contribution in [0.5, 0.6) is 0 Å². The first-order chi connectivity index (χ1) is 8.99. The molecule has 3 N–H and O–H groups in total. The molecule has 0 aliphatic rings. The number of anilines is 2. The van der Waals surface area contributed by atoms with E-state index in [-0.39, 0.29) is 5.91 Å². The van der Waals surface area contributed by atoms with Crippen molar-refractivity contribution in [1.29, 1.82) is 0 Å². The van der Waals surface area contributed by atoms with E-state index in [4.69, 9.17) is 5.73 Å². The minimum Gasteiger partial charge on any atom is -0.398 e. The van der Waals surface area contributed by atoms with Gasteiger partial charge in [-0.05, 0) is 68.6 Å². The number of carbonyl (C=O) groups is 1. The quantitative estimate of drug-likeness (QED) is 0.757. The van der Waals surface area contributed by atoms with Crippen molar-refractivity contribution >= 4 is 49.1 Å². The van der Waals surface area contributed by atoms with E-state index in [9.17, 15) is 4.79 Å². The minimum atomic E-state index is -0.189. The van der Waals surface area contributed by atoms with E-state index < -0.39 is 0 Å². The molecule has 2 aromatic carbocycles. The monoisotopic (exact) mass is 382 g/mol. The molecule has 0 atom stereocenters. The van der Waals surface area contributed by atoms with Crippen molar-refractivity contribution in [2.75, 3.05) is 11.1 Å². The average molecular weight is 384 g/mol. The summed E-state index contributed by atoms with van der Waals surface area (Å²) in [6.45, 7) is 1.97. The van der Waals surface area contributed by atoms with Crippen molar-refractivity contribution in [1.82, 2.24) is 0 Å². The van der Waals surface area contributed by atoms with Gasteiger partial charge in [0.25, 0.3) is 5.91 Å². The highest BCUT2D eigenvalue weighted by Gasteiger charge is 2.10. The van der Waals surface area contributed by atoms with E-state index in [1.165, 1.54) is 0 Å². The molecule has 1 amide bonds. The second-order valence-electron chi connectivity index (χ2n) is 4.13. The molecule has 0 fully saturated rings. The van der Waals surface area contributed by atoms with Gasteiger partial charge in [0.05, 0.1) is 5.69 Å². The molecule has 0 bridgehead atoms. The smallest absolute Gasteiger partial charge is 0.255 e. The van der Waals surface area contributed by atoms with Crippen molar-refractivity contribution in [2.24, 2.45) is 0 Å².